The van der Waals surface area contributed by atoms with Crippen molar-refractivity contribution in [2.45, 2.75) is 82.3 Å². The summed E-state index contributed by atoms with van der Waals surface area (Å²) in [5.41, 5.74) is 7.45. The summed E-state index contributed by atoms with van der Waals surface area (Å²) in [5, 5.41) is 5.15. The number of piperazine rings is 1. The van der Waals surface area contributed by atoms with Gasteiger partial charge in [-0.2, -0.15) is 13.2 Å². The molecule has 1 aliphatic heterocycles. The van der Waals surface area contributed by atoms with Gasteiger partial charge in [-0.25, -0.2) is 0 Å². The van der Waals surface area contributed by atoms with Crippen LogP contribution in [-0.2, 0) is 22.6 Å². The Bertz CT molecular complexity index is 1380. The van der Waals surface area contributed by atoms with Crippen molar-refractivity contribution in [3.05, 3.63) is 77.9 Å². The first-order valence-electron chi connectivity index (χ1n) is 14.8. The number of hydrogen-bond acceptors (Lipinski definition) is 4. The van der Waals surface area contributed by atoms with E-state index in [0.29, 0.717) is 38.0 Å². The van der Waals surface area contributed by atoms with E-state index in [1.54, 1.807) is 17.0 Å². The highest BCUT2D eigenvalue weighted by molar-refractivity contribution is 5.97. The van der Waals surface area contributed by atoms with Crippen LogP contribution in [0.15, 0.2) is 66.7 Å². The quantitative estimate of drug-likeness (QED) is 0.292. The van der Waals surface area contributed by atoms with E-state index in [1.807, 2.05) is 48.5 Å². The number of carbonyl (C=O) groups is 2. The molecule has 2 amide bonds. The zero-order valence-corrected chi connectivity index (χ0v) is 23.6. The van der Waals surface area contributed by atoms with E-state index >= 15 is 0 Å². The summed E-state index contributed by atoms with van der Waals surface area (Å²) in [6.45, 7) is 0.757. The molecule has 42 heavy (non-hydrogen) atoms. The van der Waals surface area contributed by atoms with E-state index in [9.17, 15) is 22.8 Å². The Morgan fingerprint density at radius 3 is 2.40 bits per heavy atom. The zero-order valence-electron chi connectivity index (χ0n) is 23.6. The topological polar surface area (TPSA) is 84.7 Å². The van der Waals surface area contributed by atoms with Gasteiger partial charge in [0, 0.05) is 13.0 Å². The first kappa shape index (κ1) is 29.9. The van der Waals surface area contributed by atoms with Crippen LogP contribution < -0.4 is 15.8 Å². The van der Waals surface area contributed by atoms with Gasteiger partial charge in [-0.3, -0.25) is 9.59 Å². The van der Waals surface area contributed by atoms with Crippen LogP contribution >= 0.6 is 0 Å². The third kappa shape index (κ3) is 7.24. The average molecular weight is 582 g/mol. The fraction of sp³-hybridized carbons (Fsp3) is 0.455. The molecule has 3 aromatic rings. The zero-order chi connectivity index (χ0) is 29.7. The summed E-state index contributed by atoms with van der Waals surface area (Å²) in [6.07, 6.45) is -1.12. The molecule has 5 rings (SSSR count). The predicted octanol–water partition coefficient (Wildman–Crippen LogP) is 5.91. The standard InChI is InChI=1S/C33H38F3N3O3/c34-33(35,36)26-8-5-9-28(20-26)42-27-15-12-22(13-16-27)21-39-30(10-3-4-17-37)31(40)38-29(32(39)41)19-23-11-14-24-6-1-2-7-25(24)18-23/h1-2,6-7,11-16,18,26,28-30H,3-5,8-10,17,19-21,37H2,(H,38,40)/t26?,28?,29-,30-/m0/s1. The fourth-order valence-corrected chi connectivity index (χ4v) is 6.13. The summed E-state index contributed by atoms with van der Waals surface area (Å²) in [5.74, 6) is -1.14. The second kappa shape index (κ2) is 13.2. The summed E-state index contributed by atoms with van der Waals surface area (Å²) in [6, 6.07) is 19.9. The SMILES string of the molecule is NCCCC[C@H]1C(=O)N[C@@H](Cc2ccc3ccccc3c2)C(=O)N1Cc1ccc(OC2CCCC(C(F)(F)F)C2)cc1. The van der Waals surface area contributed by atoms with Gasteiger partial charge in [0.25, 0.3) is 0 Å². The third-order valence-electron chi connectivity index (χ3n) is 8.43. The predicted molar refractivity (Wildman–Crippen MR) is 156 cm³/mol. The van der Waals surface area contributed by atoms with Crippen molar-refractivity contribution in [2.75, 3.05) is 6.54 Å². The number of benzene rings is 3. The molecule has 0 spiro atoms. The van der Waals surface area contributed by atoms with Crippen LogP contribution in [-0.4, -0.2) is 47.6 Å². The first-order valence-corrected chi connectivity index (χ1v) is 14.8. The second-order valence-corrected chi connectivity index (χ2v) is 11.5. The van der Waals surface area contributed by atoms with Crippen molar-refractivity contribution in [3.8, 4) is 5.75 Å². The smallest absolute Gasteiger partial charge is 0.391 e. The van der Waals surface area contributed by atoms with Crippen molar-refractivity contribution >= 4 is 22.6 Å². The minimum absolute atomic E-state index is 0.0360. The van der Waals surface area contributed by atoms with E-state index in [0.717, 1.165) is 34.7 Å². The highest BCUT2D eigenvalue weighted by Gasteiger charge is 2.43. The lowest BCUT2D eigenvalue weighted by molar-refractivity contribution is -0.188. The molecule has 1 saturated carbocycles. The summed E-state index contributed by atoms with van der Waals surface area (Å²) < 4.78 is 45.5. The van der Waals surface area contributed by atoms with Crippen molar-refractivity contribution in [2.24, 2.45) is 11.7 Å². The Labute approximate surface area is 244 Å². The maximum atomic E-state index is 13.8. The average Bonchev–Trinajstić information content (AvgIpc) is 2.97. The van der Waals surface area contributed by atoms with Crippen LogP contribution in [0, 0.1) is 5.92 Å². The van der Waals surface area contributed by atoms with Gasteiger partial charge in [0.15, 0.2) is 0 Å². The van der Waals surface area contributed by atoms with Gasteiger partial charge in [0.2, 0.25) is 11.8 Å². The minimum Gasteiger partial charge on any atom is -0.490 e. The lowest BCUT2D eigenvalue weighted by Gasteiger charge is -2.39. The number of fused-ring (bicyclic) bond motifs is 1. The van der Waals surface area contributed by atoms with Crippen LogP contribution in [0.3, 0.4) is 0 Å². The normalized spacial score (nSPS) is 23.2. The Morgan fingerprint density at radius 1 is 0.929 bits per heavy atom. The number of amides is 2. The monoisotopic (exact) mass is 581 g/mol. The van der Waals surface area contributed by atoms with E-state index in [4.69, 9.17) is 10.5 Å². The molecule has 0 radical (unpaired) electrons. The molecule has 1 heterocycles. The van der Waals surface area contributed by atoms with Gasteiger partial charge in [0.05, 0.1) is 12.0 Å². The van der Waals surface area contributed by atoms with Gasteiger partial charge in [-0.15, -0.1) is 0 Å². The Kier molecular flexibility index (Phi) is 9.36. The highest BCUT2D eigenvalue weighted by Crippen LogP contribution is 2.38. The molecule has 224 valence electrons. The molecule has 0 bridgehead atoms. The summed E-state index contributed by atoms with van der Waals surface area (Å²) >= 11 is 0. The second-order valence-electron chi connectivity index (χ2n) is 11.5. The molecule has 2 unspecified atom stereocenters. The van der Waals surface area contributed by atoms with Gasteiger partial charge in [-0.1, -0.05) is 54.6 Å². The van der Waals surface area contributed by atoms with Crippen LogP contribution in [0.2, 0.25) is 0 Å². The molecule has 1 aliphatic carbocycles. The number of halogens is 3. The van der Waals surface area contributed by atoms with E-state index < -0.39 is 30.3 Å². The largest absolute Gasteiger partial charge is 0.490 e. The summed E-state index contributed by atoms with van der Waals surface area (Å²) in [4.78, 5) is 28.7. The van der Waals surface area contributed by atoms with Gasteiger partial charge < -0.3 is 20.7 Å². The van der Waals surface area contributed by atoms with E-state index in [2.05, 4.69) is 11.4 Å². The maximum absolute atomic E-state index is 13.8. The molecule has 2 aliphatic rings. The Morgan fingerprint density at radius 2 is 1.67 bits per heavy atom. The van der Waals surface area contributed by atoms with Crippen LogP contribution in [0.25, 0.3) is 10.8 Å². The number of carbonyl (C=O) groups excluding carboxylic acids is 2. The molecule has 9 heteroatoms. The van der Waals surface area contributed by atoms with Crippen LogP contribution in [0.5, 0.6) is 5.75 Å². The van der Waals surface area contributed by atoms with Crippen molar-refractivity contribution in [3.63, 3.8) is 0 Å². The molecule has 1 saturated heterocycles. The van der Waals surface area contributed by atoms with Crippen molar-refractivity contribution < 1.29 is 27.5 Å². The number of rotatable bonds is 10. The van der Waals surface area contributed by atoms with Crippen molar-refractivity contribution in [1.29, 1.82) is 0 Å². The number of nitrogens with zero attached hydrogens (tertiary/aromatic N) is 1. The highest BCUT2D eigenvalue weighted by atomic mass is 19.4. The summed E-state index contributed by atoms with van der Waals surface area (Å²) in [7, 11) is 0. The fourth-order valence-electron chi connectivity index (χ4n) is 6.13. The van der Waals surface area contributed by atoms with Gasteiger partial charge >= 0.3 is 6.18 Å². The first-order chi connectivity index (χ1) is 20.2. The number of nitrogens with two attached hydrogens (primary N) is 1. The minimum atomic E-state index is -4.20. The number of nitrogens with one attached hydrogen (secondary N) is 1. The van der Waals surface area contributed by atoms with E-state index in [-0.39, 0.29) is 31.2 Å². The number of hydrogen-bond donors (Lipinski definition) is 2. The maximum Gasteiger partial charge on any atom is 0.391 e. The number of ether oxygens (including phenoxy) is 1. The molecule has 3 aromatic carbocycles. The van der Waals surface area contributed by atoms with Crippen LogP contribution in [0.1, 0.15) is 56.1 Å². The Balaban J connectivity index is 1.28. The molecular formula is C33H38F3N3O3. The van der Waals surface area contributed by atoms with Crippen LogP contribution in [0.4, 0.5) is 13.2 Å². The third-order valence-corrected chi connectivity index (χ3v) is 8.43. The van der Waals surface area contributed by atoms with Gasteiger partial charge in [0.1, 0.15) is 17.8 Å². The number of alkyl halides is 3. The van der Waals surface area contributed by atoms with E-state index in [1.165, 1.54) is 0 Å². The number of unbranched alkanes of at least 4 members (excludes halogenated alkanes) is 1. The van der Waals surface area contributed by atoms with Crippen molar-refractivity contribution in [1.82, 2.24) is 10.2 Å². The molecule has 6 nitrogen and oxygen atoms in total. The van der Waals surface area contributed by atoms with Gasteiger partial charge in [-0.05, 0) is 85.5 Å². The molecule has 0 aromatic heterocycles. The lowest BCUT2D eigenvalue weighted by Crippen LogP contribution is -2.63. The lowest BCUT2D eigenvalue weighted by atomic mass is 9.87. The molecule has 2 fully saturated rings. The molecule has 4 atom stereocenters. The molecule has 3 N–H and O–H groups in total. The molecular weight excluding hydrogens is 543 g/mol. The Hall–Kier alpha value is -3.59.